The monoisotopic (exact) mass is 267 g/mol. The second kappa shape index (κ2) is 6.12. The maximum absolute atomic E-state index is 11.6. The third-order valence-corrected chi connectivity index (χ3v) is 2.01. The van der Waals surface area contributed by atoms with Crippen LogP contribution in [0.3, 0.4) is 0 Å². The standard InChI is InChI=1S/C12H17N3O4/c1-12(2,3)19-11(18)15-8(6-10(16)17)9-7-13-4-5-14-9/h4-5,7-8H,6H2,1-3H3,(H,15,18)(H,16,17). The number of carboxylic acid groups (broad SMARTS) is 1. The summed E-state index contributed by atoms with van der Waals surface area (Å²) in [6.07, 6.45) is 3.32. The van der Waals surface area contributed by atoms with Crippen molar-refractivity contribution in [2.45, 2.75) is 38.8 Å². The SMILES string of the molecule is CC(C)(C)OC(=O)NC(CC(=O)O)c1cnccn1. The number of carbonyl (C=O) groups is 2. The van der Waals surface area contributed by atoms with E-state index in [1.165, 1.54) is 18.6 Å². The van der Waals surface area contributed by atoms with Crippen LogP contribution in [0.15, 0.2) is 18.6 Å². The number of carboxylic acids is 1. The van der Waals surface area contributed by atoms with Gasteiger partial charge in [0.15, 0.2) is 0 Å². The van der Waals surface area contributed by atoms with Crippen molar-refractivity contribution in [2.24, 2.45) is 0 Å². The molecular weight excluding hydrogens is 250 g/mol. The Labute approximate surface area is 111 Å². The molecule has 0 saturated heterocycles. The molecular formula is C12H17N3O4. The van der Waals surface area contributed by atoms with Crippen molar-refractivity contribution in [3.8, 4) is 0 Å². The lowest BCUT2D eigenvalue weighted by molar-refractivity contribution is -0.137. The van der Waals surface area contributed by atoms with E-state index in [2.05, 4.69) is 15.3 Å². The van der Waals surface area contributed by atoms with E-state index in [0.717, 1.165) is 0 Å². The maximum atomic E-state index is 11.6. The number of ether oxygens (including phenoxy) is 1. The fraction of sp³-hybridized carbons (Fsp3) is 0.500. The highest BCUT2D eigenvalue weighted by molar-refractivity contribution is 5.71. The molecule has 1 atom stereocenters. The maximum Gasteiger partial charge on any atom is 0.408 e. The summed E-state index contributed by atoms with van der Waals surface area (Å²) < 4.78 is 5.08. The van der Waals surface area contributed by atoms with E-state index >= 15 is 0 Å². The van der Waals surface area contributed by atoms with Gasteiger partial charge in [0.25, 0.3) is 0 Å². The van der Waals surface area contributed by atoms with Crippen molar-refractivity contribution in [3.05, 3.63) is 24.3 Å². The van der Waals surface area contributed by atoms with Crippen molar-refractivity contribution >= 4 is 12.1 Å². The first-order valence-electron chi connectivity index (χ1n) is 5.75. The van der Waals surface area contributed by atoms with Crippen LogP contribution in [0.5, 0.6) is 0 Å². The van der Waals surface area contributed by atoms with Crippen molar-refractivity contribution < 1.29 is 19.4 Å². The van der Waals surface area contributed by atoms with Crippen LogP contribution in [0.4, 0.5) is 4.79 Å². The summed E-state index contributed by atoms with van der Waals surface area (Å²) in [4.78, 5) is 30.3. The molecule has 0 fully saturated rings. The number of aromatic nitrogens is 2. The van der Waals surface area contributed by atoms with Gasteiger partial charge in [-0.3, -0.25) is 14.8 Å². The zero-order valence-corrected chi connectivity index (χ0v) is 11.1. The van der Waals surface area contributed by atoms with Crippen LogP contribution in [0.25, 0.3) is 0 Å². The lowest BCUT2D eigenvalue weighted by Gasteiger charge is -2.22. The number of hydrogen-bond donors (Lipinski definition) is 2. The van der Waals surface area contributed by atoms with Gasteiger partial charge in [-0.25, -0.2) is 4.79 Å². The van der Waals surface area contributed by atoms with Crippen LogP contribution >= 0.6 is 0 Å². The molecule has 104 valence electrons. The van der Waals surface area contributed by atoms with Gasteiger partial charge in [0.2, 0.25) is 0 Å². The summed E-state index contributed by atoms with van der Waals surface area (Å²) in [6, 6.07) is -0.777. The molecule has 1 aromatic rings. The van der Waals surface area contributed by atoms with Gasteiger partial charge in [0.05, 0.1) is 24.4 Å². The summed E-state index contributed by atoms with van der Waals surface area (Å²) in [7, 11) is 0. The number of hydrogen-bond acceptors (Lipinski definition) is 5. The quantitative estimate of drug-likeness (QED) is 0.857. The molecule has 0 bridgehead atoms. The van der Waals surface area contributed by atoms with Crippen LogP contribution in [-0.4, -0.2) is 32.7 Å². The summed E-state index contributed by atoms with van der Waals surface area (Å²) in [5.74, 6) is -1.05. The molecule has 0 aliphatic carbocycles. The summed E-state index contributed by atoms with van der Waals surface area (Å²) in [6.45, 7) is 5.17. The summed E-state index contributed by atoms with van der Waals surface area (Å²) in [5, 5.41) is 11.3. The Morgan fingerprint density at radius 1 is 1.42 bits per heavy atom. The third kappa shape index (κ3) is 5.80. The third-order valence-electron chi connectivity index (χ3n) is 2.01. The van der Waals surface area contributed by atoms with Gasteiger partial charge in [-0.05, 0) is 20.8 Å². The van der Waals surface area contributed by atoms with E-state index < -0.39 is 23.7 Å². The minimum Gasteiger partial charge on any atom is -0.481 e. The van der Waals surface area contributed by atoms with E-state index in [-0.39, 0.29) is 6.42 Å². The average molecular weight is 267 g/mol. The molecule has 1 unspecified atom stereocenters. The number of alkyl carbamates (subject to hydrolysis) is 1. The highest BCUT2D eigenvalue weighted by atomic mass is 16.6. The van der Waals surface area contributed by atoms with Gasteiger partial charge >= 0.3 is 12.1 Å². The van der Waals surface area contributed by atoms with Gasteiger partial charge in [-0.1, -0.05) is 0 Å². The van der Waals surface area contributed by atoms with Crippen molar-refractivity contribution in [3.63, 3.8) is 0 Å². The Kier molecular flexibility index (Phi) is 4.80. The van der Waals surface area contributed by atoms with Gasteiger partial charge in [0, 0.05) is 12.4 Å². The molecule has 19 heavy (non-hydrogen) atoms. The Morgan fingerprint density at radius 2 is 2.11 bits per heavy atom. The molecule has 1 amide bonds. The molecule has 7 nitrogen and oxygen atoms in total. The van der Waals surface area contributed by atoms with Crippen LogP contribution in [0.2, 0.25) is 0 Å². The molecule has 0 radical (unpaired) electrons. The van der Waals surface area contributed by atoms with E-state index in [4.69, 9.17) is 9.84 Å². The number of amides is 1. The Bertz CT molecular complexity index is 442. The van der Waals surface area contributed by atoms with Gasteiger partial charge in [0.1, 0.15) is 5.60 Å². The summed E-state index contributed by atoms with van der Waals surface area (Å²) in [5.41, 5.74) is -0.281. The van der Waals surface area contributed by atoms with Gasteiger partial charge in [-0.2, -0.15) is 0 Å². The number of nitrogens with one attached hydrogen (secondary N) is 1. The smallest absolute Gasteiger partial charge is 0.408 e. The molecule has 0 aromatic carbocycles. The molecule has 1 rings (SSSR count). The first-order chi connectivity index (χ1) is 8.78. The number of carbonyl (C=O) groups excluding carboxylic acids is 1. The number of nitrogens with zero attached hydrogens (tertiary/aromatic N) is 2. The van der Waals surface area contributed by atoms with Crippen LogP contribution in [-0.2, 0) is 9.53 Å². The minimum absolute atomic E-state index is 0.294. The molecule has 1 aromatic heterocycles. The molecule has 2 N–H and O–H groups in total. The summed E-state index contributed by atoms with van der Waals surface area (Å²) >= 11 is 0. The van der Waals surface area contributed by atoms with E-state index in [9.17, 15) is 9.59 Å². The normalized spacial score (nSPS) is 12.6. The van der Waals surface area contributed by atoms with E-state index in [1.807, 2.05) is 0 Å². The first-order valence-corrected chi connectivity index (χ1v) is 5.75. The lowest BCUT2D eigenvalue weighted by atomic mass is 10.1. The van der Waals surface area contributed by atoms with Crippen molar-refractivity contribution in [1.82, 2.24) is 15.3 Å². The zero-order chi connectivity index (χ0) is 14.5. The largest absolute Gasteiger partial charge is 0.481 e. The number of rotatable bonds is 4. The molecule has 0 aliphatic rings. The molecule has 1 heterocycles. The van der Waals surface area contributed by atoms with Crippen molar-refractivity contribution in [1.29, 1.82) is 0 Å². The lowest BCUT2D eigenvalue weighted by Crippen LogP contribution is -2.36. The highest BCUT2D eigenvalue weighted by Gasteiger charge is 2.23. The van der Waals surface area contributed by atoms with Gasteiger partial charge in [-0.15, -0.1) is 0 Å². The molecule has 0 aliphatic heterocycles. The predicted molar refractivity (Wildman–Crippen MR) is 66.4 cm³/mol. The van der Waals surface area contributed by atoms with Gasteiger partial charge < -0.3 is 15.2 Å². The van der Waals surface area contributed by atoms with Crippen LogP contribution < -0.4 is 5.32 Å². The van der Waals surface area contributed by atoms with Crippen molar-refractivity contribution in [2.75, 3.05) is 0 Å². The Balaban J connectivity index is 2.76. The first kappa shape index (κ1) is 14.9. The fourth-order valence-corrected chi connectivity index (χ4v) is 1.34. The second-order valence-corrected chi connectivity index (χ2v) is 4.93. The Hall–Kier alpha value is -2.18. The molecule has 7 heteroatoms. The van der Waals surface area contributed by atoms with E-state index in [0.29, 0.717) is 5.69 Å². The fourth-order valence-electron chi connectivity index (χ4n) is 1.34. The van der Waals surface area contributed by atoms with E-state index in [1.54, 1.807) is 20.8 Å². The number of aliphatic carboxylic acids is 1. The second-order valence-electron chi connectivity index (χ2n) is 4.93. The van der Waals surface area contributed by atoms with Crippen LogP contribution in [0, 0.1) is 0 Å². The molecule has 0 saturated carbocycles. The Morgan fingerprint density at radius 3 is 2.58 bits per heavy atom. The topological polar surface area (TPSA) is 101 Å². The highest BCUT2D eigenvalue weighted by Crippen LogP contribution is 2.15. The van der Waals surface area contributed by atoms with Crippen LogP contribution in [0.1, 0.15) is 38.9 Å². The predicted octanol–water partition coefficient (Wildman–Crippen LogP) is 1.52. The molecule has 0 spiro atoms. The average Bonchev–Trinajstić information content (AvgIpc) is 2.26. The zero-order valence-electron chi connectivity index (χ0n) is 11.1. The minimum atomic E-state index is -1.05.